The molecule has 0 aliphatic carbocycles. The summed E-state index contributed by atoms with van der Waals surface area (Å²) in [5, 5.41) is 2.74. The molecule has 25 heavy (non-hydrogen) atoms. The number of carbonyl (C=O) groups is 3. The van der Waals surface area contributed by atoms with Crippen LogP contribution in [0.1, 0.15) is 30.9 Å². The predicted octanol–water partition coefficient (Wildman–Crippen LogP) is 2.24. The number of fused-ring (bicyclic) bond motifs is 1. The van der Waals surface area contributed by atoms with Gasteiger partial charge in [-0.2, -0.15) is 0 Å². The van der Waals surface area contributed by atoms with Crippen LogP contribution in [0.3, 0.4) is 0 Å². The number of esters is 1. The molecular formula is C18H22N2O4S. The normalized spacial score (nSPS) is 25.0. The van der Waals surface area contributed by atoms with Gasteiger partial charge in [-0.25, -0.2) is 4.79 Å². The van der Waals surface area contributed by atoms with E-state index in [0.717, 1.165) is 17.5 Å². The van der Waals surface area contributed by atoms with Crippen molar-refractivity contribution in [3.05, 3.63) is 29.3 Å². The zero-order chi connectivity index (χ0) is 18.2. The maximum atomic E-state index is 12.3. The van der Waals surface area contributed by atoms with Gasteiger partial charge in [0.2, 0.25) is 5.91 Å². The Hall–Kier alpha value is -2.02. The van der Waals surface area contributed by atoms with Crippen molar-refractivity contribution in [3.63, 3.8) is 0 Å². The predicted molar refractivity (Wildman–Crippen MR) is 96.2 cm³/mol. The lowest BCUT2D eigenvalue weighted by Gasteiger charge is -2.29. The fourth-order valence-corrected chi connectivity index (χ4v) is 4.78. The smallest absolute Gasteiger partial charge is 0.330 e. The third-order valence-corrected chi connectivity index (χ3v) is 6.22. The molecule has 6 nitrogen and oxygen atoms in total. The SMILES string of the molecule is Cc1ccc(NC(=O)COC(=O)[C@H]2CS[C@]3(C)CCC(=O)N23)c(C)c1. The Kier molecular flexibility index (Phi) is 4.77. The van der Waals surface area contributed by atoms with E-state index in [0.29, 0.717) is 17.9 Å². The van der Waals surface area contributed by atoms with E-state index in [-0.39, 0.29) is 23.3 Å². The minimum Gasteiger partial charge on any atom is -0.454 e. The lowest BCUT2D eigenvalue weighted by atomic mass is 10.1. The Labute approximate surface area is 151 Å². The number of amides is 2. The Balaban J connectivity index is 1.55. The van der Waals surface area contributed by atoms with E-state index in [4.69, 9.17) is 4.74 Å². The van der Waals surface area contributed by atoms with Crippen LogP contribution in [-0.4, -0.2) is 46.0 Å². The molecule has 3 rings (SSSR count). The molecule has 0 aromatic heterocycles. The molecule has 2 atom stereocenters. The van der Waals surface area contributed by atoms with Gasteiger partial charge in [-0.05, 0) is 38.8 Å². The second-order valence-corrected chi connectivity index (χ2v) is 8.24. The van der Waals surface area contributed by atoms with Gasteiger partial charge in [-0.3, -0.25) is 9.59 Å². The number of carbonyl (C=O) groups excluding carboxylic acids is 3. The molecule has 1 aromatic rings. The van der Waals surface area contributed by atoms with Crippen molar-refractivity contribution in [2.24, 2.45) is 0 Å². The summed E-state index contributed by atoms with van der Waals surface area (Å²) in [5.41, 5.74) is 2.76. The first-order chi connectivity index (χ1) is 11.8. The van der Waals surface area contributed by atoms with Crippen LogP contribution in [0.15, 0.2) is 18.2 Å². The summed E-state index contributed by atoms with van der Waals surface area (Å²) >= 11 is 1.60. The van der Waals surface area contributed by atoms with Gasteiger partial charge in [-0.1, -0.05) is 17.7 Å². The number of thioether (sulfide) groups is 1. The summed E-state index contributed by atoms with van der Waals surface area (Å²) in [4.78, 5) is 37.7. The largest absolute Gasteiger partial charge is 0.454 e. The molecule has 2 heterocycles. The van der Waals surface area contributed by atoms with Gasteiger partial charge in [0.25, 0.3) is 5.91 Å². The number of hydrogen-bond donors (Lipinski definition) is 1. The van der Waals surface area contributed by atoms with Crippen molar-refractivity contribution in [3.8, 4) is 0 Å². The van der Waals surface area contributed by atoms with E-state index in [1.807, 2.05) is 39.0 Å². The first kappa shape index (κ1) is 17.8. The second-order valence-electron chi connectivity index (χ2n) is 6.74. The van der Waals surface area contributed by atoms with E-state index in [1.54, 1.807) is 16.7 Å². The zero-order valence-corrected chi connectivity index (χ0v) is 15.4. The number of rotatable bonds is 4. The molecule has 2 aliphatic heterocycles. The van der Waals surface area contributed by atoms with Gasteiger partial charge >= 0.3 is 5.97 Å². The minimum atomic E-state index is -0.598. The Bertz CT molecular complexity index is 736. The van der Waals surface area contributed by atoms with Gasteiger partial charge in [-0.15, -0.1) is 11.8 Å². The summed E-state index contributed by atoms with van der Waals surface area (Å²) in [5.74, 6) is -0.405. The fourth-order valence-electron chi connectivity index (χ4n) is 3.37. The monoisotopic (exact) mass is 362 g/mol. The third-order valence-electron chi connectivity index (χ3n) is 4.72. The summed E-state index contributed by atoms with van der Waals surface area (Å²) in [6, 6.07) is 5.10. The first-order valence-corrected chi connectivity index (χ1v) is 9.28. The number of aryl methyl sites for hydroxylation is 2. The van der Waals surface area contributed by atoms with Crippen LogP contribution in [0.25, 0.3) is 0 Å². The van der Waals surface area contributed by atoms with E-state index in [2.05, 4.69) is 5.32 Å². The molecule has 2 saturated heterocycles. The van der Waals surface area contributed by atoms with Gasteiger partial charge in [0, 0.05) is 17.9 Å². The Morgan fingerprint density at radius 2 is 2.16 bits per heavy atom. The van der Waals surface area contributed by atoms with Crippen molar-refractivity contribution in [2.75, 3.05) is 17.7 Å². The van der Waals surface area contributed by atoms with Gasteiger partial charge < -0.3 is 15.0 Å². The van der Waals surface area contributed by atoms with Crippen LogP contribution in [-0.2, 0) is 19.1 Å². The molecule has 0 bridgehead atoms. The molecule has 134 valence electrons. The average Bonchev–Trinajstić information content (AvgIpc) is 3.04. The van der Waals surface area contributed by atoms with Crippen LogP contribution in [0.4, 0.5) is 5.69 Å². The molecular weight excluding hydrogens is 340 g/mol. The molecule has 1 N–H and O–H groups in total. The van der Waals surface area contributed by atoms with Crippen LogP contribution in [0, 0.1) is 13.8 Å². The third kappa shape index (κ3) is 3.51. The summed E-state index contributed by atoms with van der Waals surface area (Å²) < 4.78 is 5.17. The van der Waals surface area contributed by atoms with Crippen molar-refractivity contribution in [2.45, 2.75) is 44.5 Å². The number of anilines is 1. The lowest BCUT2D eigenvalue weighted by Crippen LogP contribution is -2.47. The van der Waals surface area contributed by atoms with Crippen LogP contribution >= 0.6 is 11.8 Å². The van der Waals surface area contributed by atoms with Gasteiger partial charge in [0.15, 0.2) is 6.61 Å². The second kappa shape index (κ2) is 6.71. The Morgan fingerprint density at radius 3 is 2.88 bits per heavy atom. The highest BCUT2D eigenvalue weighted by Crippen LogP contribution is 2.47. The van der Waals surface area contributed by atoms with Crippen molar-refractivity contribution < 1.29 is 19.1 Å². The first-order valence-electron chi connectivity index (χ1n) is 8.30. The number of hydrogen-bond acceptors (Lipinski definition) is 5. The highest BCUT2D eigenvalue weighted by Gasteiger charge is 2.53. The quantitative estimate of drug-likeness (QED) is 0.832. The Morgan fingerprint density at radius 1 is 1.40 bits per heavy atom. The highest BCUT2D eigenvalue weighted by atomic mass is 32.2. The summed E-state index contributed by atoms with van der Waals surface area (Å²) in [6.07, 6.45) is 1.20. The minimum absolute atomic E-state index is 0.0193. The topological polar surface area (TPSA) is 75.7 Å². The van der Waals surface area contributed by atoms with Crippen LogP contribution < -0.4 is 5.32 Å². The maximum Gasteiger partial charge on any atom is 0.330 e. The van der Waals surface area contributed by atoms with Gasteiger partial charge in [0.05, 0.1) is 4.87 Å². The van der Waals surface area contributed by atoms with E-state index < -0.39 is 12.0 Å². The molecule has 2 aliphatic rings. The molecule has 2 fully saturated rings. The zero-order valence-electron chi connectivity index (χ0n) is 14.6. The molecule has 0 spiro atoms. The molecule has 0 saturated carbocycles. The maximum absolute atomic E-state index is 12.3. The van der Waals surface area contributed by atoms with Gasteiger partial charge in [0.1, 0.15) is 6.04 Å². The van der Waals surface area contributed by atoms with Crippen LogP contribution in [0.2, 0.25) is 0 Å². The number of ether oxygens (including phenoxy) is 1. The van der Waals surface area contributed by atoms with Crippen LogP contribution in [0.5, 0.6) is 0 Å². The number of nitrogens with one attached hydrogen (secondary N) is 1. The molecule has 2 amide bonds. The fraction of sp³-hybridized carbons (Fsp3) is 0.500. The lowest BCUT2D eigenvalue weighted by molar-refractivity contribution is -0.155. The molecule has 0 unspecified atom stereocenters. The summed E-state index contributed by atoms with van der Waals surface area (Å²) in [7, 11) is 0. The van der Waals surface area contributed by atoms with Crippen molar-refractivity contribution >= 4 is 35.2 Å². The average molecular weight is 362 g/mol. The van der Waals surface area contributed by atoms with Crippen molar-refractivity contribution in [1.82, 2.24) is 4.90 Å². The number of nitrogens with zero attached hydrogens (tertiary/aromatic N) is 1. The molecule has 0 radical (unpaired) electrons. The summed E-state index contributed by atoms with van der Waals surface area (Å²) in [6.45, 7) is 5.51. The van der Waals surface area contributed by atoms with E-state index >= 15 is 0 Å². The van der Waals surface area contributed by atoms with E-state index in [1.165, 1.54) is 0 Å². The van der Waals surface area contributed by atoms with Crippen molar-refractivity contribution in [1.29, 1.82) is 0 Å². The number of benzene rings is 1. The standard InChI is InChI=1S/C18H22N2O4S/c1-11-4-5-13(12(2)8-11)19-15(21)9-24-17(23)14-10-25-18(3)7-6-16(22)20(14)18/h4-5,8,14H,6-7,9-10H2,1-3H3,(H,19,21)/t14-,18-/m1/s1. The highest BCUT2D eigenvalue weighted by molar-refractivity contribution is 8.01. The molecule has 1 aromatic carbocycles. The van der Waals surface area contributed by atoms with E-state index in [9.17, 15) is 14.4 Å². The molecule has 7 heteroatoms.